The Hall–Kier alpha value is -1.88. The smallest absolute Gasteiger partial charge is 0.239 e. The zero-order valence-electron chi connectivity index (χ0n) is 11.1. The maximum atomic E-state index is 11.7. The monoisotopic (exact) mass is 263 g/mol. The van der Waals surface area contributed by atoms with Crippen LogP contribution in [0, 0.1) is 0 Å². The van der Waals surface area contributed by atoms with Crippen LogP contribution in [0.4, 0.5) is 0 Å². The van der Waals surface area contributed by atoms with Gasteiger partial charge in [0.05, 0.1) is 6.04 Å². The molecule has 0 bridgehead atoms. The Balaban J connectivity index is 2.53. The number of hydrogen-bond donors (Lipinski definition) is 2. The van der Waals surface area contributed by atoms with Gasteiger partial charge in [-0.3, -0.25) is 9.59 Å². The van der Waals surface area contributed by atoms with Crippen LogP contribution in [0.25, 0.3) is 0 Å². The third-order valence-electron chi connectivity index (χ3n) is 2.88. The highest BCUT2D eigenvalue weighted by molar-refractivity contribution is 5.90. The molecular weight excluding hydrogens is 244 g/mol. The normalized spacial score (nSPS) is 13.6. The van der Waals surface area contributed by atoms with E-state index in [9.17, 15) is 9.59 Å². The van der Waals surface area contributed by atoms with Crippen molar-refractivity contribution in [3.63, 3.8) is 0 Å². The number of phenolic OH excluding ortho intramolecular Hbond substituents is 1. The number of amides is 1. The fourth-order valence-electron chi connectivity index (χ4n) is 1.66. The fraction of sp³-hybridized carbons (Fsp3) is 0.429. The lowest BCUT2D eigenvalue weighted by molar-refractivity contribution is -0.128. The number of aromatic hydroxyl groups is 1. The number of carbonyl (C=O) groups excluding carboxylic acids is 2. The maximum absolute atomic E-state index is 11.7. The molecule has 0 heterocycles. The Morgan fingerprint density at radius 3 is 2.42 bits per heavy atom. The third-order valence-corrected chi connectivity index (χ3v) is 2.88. The quantitative estimate of drug-likeness (QED) is 0.804. The zero-order valence-corrected chi connectivity index (χ0v) is 11.1. The molecule has 1 radical (unpaired) electrons. The summed E-state index contributed by atoms with van der Waals surface area (Å²) >= 11 is 0. The molecule has 2 atom stereocenters. The van der Waals surface area contributed by atoms with Gasteiger partial charge in [-0.2, -0.15) is 0 Å². The van der Waals surface area contributed by atoms with Crippen LogP contribution in [0.1, 0.15) is 25.8 Å². The van der Waals surface area contributed by atoms with Gasteiger partial charge >= 0.3 is 0 Å². The van der Waals surface area contributed by atoms with Crippen LogP contribution in [-0.2, 0) is 16.0 Å². The Kier molecular flexibility index (Phi) is 5.51. The number of phenols is 1. The van der Waals surface area contributed by atoms with Crippen molar-refractivity contribution in [2.75, 3.05) is 0 Å². The number of ketones is 1. The van der Waals surface area contributed by atoms with Gasteiger partial charge in [0, 0.05) is 6.42 Å². The van der Waals surface area contributed by atoms with Gasteiger partial charge in [-0.05, 0) is 31.0 Å². The second kappa shape index (κ2) is 6.89. The first-order valence-corrected chi connectivity index (χ1v) is 6.26. The van der Waals surface area contributed by atoms with Gasteiger partial charge in [0.25, 0.3) is 0 Å². The summed E-state index contributed by atoms with van der Waals surface area (Å²) in [7, 11) is 0. The van der Waals surface area contributed by atoms with E-state index < -0.39 is 18.0 Å². The van der Waals surface area contributed by atoms with Crippen molar-refractivity contribution in [3.05, 3.63) is 29.8 Å². The molecule has 0 spiro atoms. The summed E-state index contributed by atoms with van der Waals surface area (Å²) < 4.78 is 0. The van der Waals surface area contributed by atoms with Gasteiger partial charge in [0.15, 0.2) is 5.78 Å². The number of hydrogen-bond acceptors (Lipinski definition) is 3. The van der Waals surface area contributed by atoms with Gasteiger partial charge in [0.2, 0.25) is 5.91 Å². The van der Waals surface area contributed by atoms with E-state index >= 15 is 0 Å². The zero-order chi connectivity index (χ0) is 14.4. The molecule has 0 unspecified atom stereocenters. The predicted molar refractivity (Wildman–Crippen MR) is 71.6 cm³/mol. The summed E-state index contributed by atoms with van der Waals surface area (Å²) in [6, 6.07) is 4.86. The molecule has 5 nitrogen and oxygen atoms in total. The molecular formula is C14H19N2O3. The van der Waals surface area contributed by atoms with E-state index in [4.69, 9.17) is 10.8 Å². The van der Waals surface area contributed by atoms with Gasteiger partial charge in [-0.15, -0.1) is 0 Å². The van der Waals surface area contributed by atoms with Crippen molar-refractivity contribution >= 4 is 11.7 Å². The van der Waals surface area contributed by atoms with Crippen molar-refractivity contribution < 1.29 is 14.7 Å². The number of Topliss-reactive ketones (excluding diaryl/α,β-unsaturated/α-hetero) is 1. The molecule has 0 saturated heterocycles. The molecule has 0 aliphatic heterocycles. The van der Waals surface area contributed by atoms with Gasteiger partial charge in [0.1, 0.15) is 11.8 Å². The largest absolute Gasteiger partial charge is 0.508 e. The van der Waals surface area contributed by atoms with Gasteiger partial charge < -0.3 is 10.4 Å². The van der Waals surface area contributed by atoms with E-state index in [-0.39, 0.29) is 18.0 Å². The lowest BCUT2D eigenvalue weighted by Gasteiger charge is -2.15. The summed E-state index contributed by atoms with van der Waals surface area (Å²) in [6.07, 6.45) is 0.612. The molecule has 1 amide bonds. The highest BCUT2D eigenvalue weighted by Crippen LogP contribution is 2.11. The first-order valence-electron chi connectivity index (χ1n) is 6.26. The van der Waals surface area contributed by atoms with E-state index in [0.717, 1.165) is 5.56 Å². The van der Waals surface area contributed by atoms with E-state index in [1.54, 1.807) is 26.0 Å². The van der Waals surface area contributed by atoms with Crippen molar-refractivity contribution in [1.29, 1.82) is 0 Å². The molecule has 1 aromatic carbocycles. The molecule has 1 aromatic rings. The van der Waals surface area contributed by atoms with Crippen molar-refractivity contribution in [2.24, 2.45) is 0 Å². The van der Waals surface area contributed by atoms with E-state index in [0.29, 0.717) is 6.42 Å². The fourth-order valence-corrected chi connectivity index (χ4v) is 1.66. The Morgan fingerprint density at radius 1 is 1.32 bits per heavy atom. The average Bonchev–Trinajstić information content (AvgIpc) is 2.40. The molecule has 0 saturated carbocycles. The lowest BCUT2D eigenvalue weighted by atomic mass is 10.1. The number of rotatable bonds is 6. The predicted octanol–water partition coefficient (Wildman–Crippen LogP) is 1.07. The molecule has 1 rings (SSSR count). The first-order chi connectivity index (χ1) is 8.93. The first kappa shape index (κ1) is 15.2. The highest BCUT2D eigenvalue weighted by atomic mass is 16.3. The lowest BCUT2D eigenvalue weighted by Crippen LogP contribution is -2.44. The summed E-state index contributed by atoms with van der Waals surface area (Å²) in [6.45, 7) is 3.36. The van der Waals surface area contributed by atoms with E-state index in [1.807, 2.05) is 0 Å². The van der Waals surface area contributed by atoms with Crippen molar-refractivity contribution in [2.45, 2.75) is 38.8 Å². The van der Waals surface area contributed by atoms with Crippen LogP contribution in [0.5, 0.6) is 5.75 Å². The van der Waals surface area contributed by atoms with Crippen molar-refractivity contribution in [3.8, 4) is 5.75 Å². The number of benzene rings is 1. The van der Waals surface area contributed by atoms with Crippen LogP contribution in [-0.4, -0.2) is 28.9 Å². The van der Waals surface area contributed by atoms with Crippen LogP contribution in [0.3, 0.4) is 0 Å². The summed E-state index contributed by atoms with van der Waals surface area (Å²) in [4.78, 5) is 23.1. The van der Waals surface area contributed by atoms with Gasteiger partial charge in [-0.25, -0.2) is 5.73 Å². The Bertz CT molecular complexity index is 443. The SMILES string of the molecule is CCC(=O)[C@@H](C)NC(=O)[C@@H]([NH])Cc1ccc(O)cc1. The summed E-state index contributed by atoms with van der Waals surface area (Å²) in [5.74, 6) is -0.357. The Labute approximate surface area is 112 Å². The summed E-state index contributed by atoms with van der Waals surface area (Å²) in [5, 5.41) is 11.7. The van der Waals surface area contributed by atoms with E-state index in [2.05, 4.69) is 5.32 Å². The second-order valence-electron chi connectivity index (χ2n) is 4.47. The Morgan fingerprint density at radius 2 is 1.89 bits per heavy atom. The van der Waals surface area contributed by atoms with Crippen LogP contribution < -0.4 is 11.1 Å². The summed E-state index contributed by atoms with van der Waals surface area (Å²) in [5.41, 5.74) is 8.57. The minimum Gasteiger partial charge on any atom is -0.508 e. The molecule has 0 aromatic heterocycles. The van der Waals surface area contributed by atoms with Crippen LogP contribution in [0.15, 0.2) is 24.3 Å². The third kappa shape index (κ3) is 4.71. The molecule has 19 heavy (non-hydrogen) atoms. The molecule has 5 heteroatoms. The topological polar surface area (TPSA) is 90.2 Å². The van der Waals surface area contributed by atoms with Crippen LogP contribution >= 0.6 is 0 Å². The number of carbonyl (C=O) groups is 2. The standard InChI is InChI=1S/C14H19N2O3/c1-3-13(18)9(2)16-14(19)12(15)8-10-4-6-11(17)7-5-10/h4-7,9,12,15,17H,3,8H2,1-2H3,(H,16,19)/t9-,12+/m1/s1. The van der Waals surface area contributed by atoms with Crippen molar-refractivity contribution in [1.82, 2.24) is 11.1 Å². The van der Waals surface area contributed by atoms with Crippen LogP contribution in [0.2, 0.25) is 0 Å². The number of nitrogens with one attached hydrogen (secondary N) is 2. The van der Waals surface area contributed by atoms with E-state index in [1.165, 1.54) is 12.1 Å². The highest BCUT2D eigenvalue weighted by Gasteiger charge is 2.19. The second-order valence-corrected chi connectivity index (χ2v) is 4.47. The molecule has 103 valence electrons. The molecule has 0 aliphatic carbocycles. The average molecular weight is 263 g/mol. The maximum Gasteiger partial charge on any atom is 0.239 e. The van der Waals surface area contributed by atoms with Gasteiger partial charge in [-0.1, -0.05) is 19.1 Å². The molecule has 3 N–H and O–H groups in total. The minimum atomic E-state index is -0.961. The molecule has 0 fully saturated rings. The minimum absolute atomic E-state index is 0.0508. The molecule has 0 aliphatic rings.